The lowest BCUT2D eigenvalue weighted by Gasteiger charge is -2.03. The Bertz CT molecular complexity index is 898. The summed E-state index contributed by atoms with van der Waals surface area (Å²) in [7, 11) is 0. The summed E-state index contributed by atoms with van der Waals surface area (Å²) >= 11 is 3.42. The molecule has 0 saturated heterocycles. The third kappa shape index (κ3) is 2.04. The lowest BCUT2D eigenvalue weighted by atomic mass is 10.1. The van der Waals surface area contributed by atoms with Gasteiger partial charge in [0.05, 0.1) is 11.6 Å². The van der Waals surface area contributed by atoms with Crippen LogP contribution in [-0.2, 0) is 0 Å². The fraction of sp³-hybridized carbons (Fsp3) is 0. The summed E-state index contributed by atoms with van der Waals surface area (Å²) in [6.07, 6.45) is 3.16. The minimum Gasteiger partial charge on any atom is -0.463 e. The minimum absolute atomic E-state index is 0.622. The van der Waals surface area contributed by atoms with Gasteiger partial charge in [0.2, 0.25) is 0 Å². The Kier molecular flexibility index (Phi) is 2.82. The smallest absolute Gasteiger partial charge is 0.154 e. The van der Waals surface area contributed by atoms with Crippen LogP contribution in [0, 0.1) is 0 Å². The zero-order valence-corrected chi connectivity index (χ0v) is 12.2. The molecule has 0 amide bonds. The number of furan rings is 1. The van der Waals surface area contributed by atoms with Crippen LogP contribution in [0.4, 0.5) is 0 Å². The molecule has 6 heteroatoms. The maximum Gasteiger partial charge on any atom is 0.154 e. The molecule has 0 atom stereocenters. The van der Waals surface area contributed by atoms with E-state index in [0.717, 1.165) is 15.4 Å². The summed E-state index contributed by atoms with van der Waals surface area (Å²) in [6, 6.07) is 11.4. The van der Waals surface area contributed by atoms with Crippen LogP contribution < -0.4 is 0 Å². The highest BCUT2D eigenvalue weighted by molar-refractivity contribution is 9.10. The van der Waals surface area contributed by atoms with Gasteiger partial charge in [0.25, 0.3) is 0 Å². The first-order valence-electron chi connectivity index (χ1n) is 6.23. The normalized spacial score (nSPS) is 11.1. The van der Waals surface area contributed by atoms with Crippen molar-refractivity contribution in [1.82, 2.24) is 15.4 Å². The van der Waals surface area contributed by atoms with E-state index >= 15 is 0 Å². The van der Waals surface area contributed by atoms with Gasteiger partial charge in [0.1, 0.15) is 23.2 Å². The molecule has 0 aliphatic carbocycles. The molecule has 4 rings (SSSR count). The molecule has 0 spiro atoms. The summed E-state index contributed by atoms with van der Waals surface area (Å²) in [5, 5.41) is 13.4. The van der Waals surface area contributed by atoms with Crippen molar-refractivity contribution in [2.75, 3.05) is 0 Å². The van der Waals surface area contributed by atoms with E-state index in [1.807, 2.05) is 30.3 Å². The fourth-order valence-corrected chi connectivity index (χ4v) is 2.44. The van der Waals surface area contributed by atoms with Crippen LogP contribution in [0.3, 0.4) is 0 Å². The molecule has 4 aromatic rings. The molecule has 0 radical (unpaired) electrons. The van der Waals surface area contributed by atoms with E-state index < -0.39 is 0 Å². The highest BCUT2D eigenvalue weighted by atomic mass is 79.9. The molecule has 21 heavy (non-hydrogen) atoms. The highest BCUT2D eigenvalue weighted by Gasteiger charge is 2.17. The van der Waals surface area contributed by atoms with E-state index in [1.54, 1.807) is 18.6 Å². The van der Waals surface area contributed by atoms with Crippen LogP contribution in [0.15, 0.2) is 62.3 Å². The Morgan fingerprint density at radius 1 is 0.952 bits per heavy atom. The van der Waals surface area contributed by atoms with Gasteiger partial charge < -0.3 is 8.94 Å². The topological polar surface area (TPSA) is 65.0 Å². The lowest BCUT2D eigenvalue weighted by molar-refractivity contribution is 0.428. The molecule has 0 bridgehead atoms. The quantitative estimate of drug-likeness (QED) is 0.543. The third-order valence-corrected chi connectivity index (χ3v) is 3.70. The molecule has 0 fully saturated rings. The summed E-state index contributed by atoms with van der Waals surface area (Å²) in [6.45, 7) is 0. The summed E-state index contributed by atoms with van der Waals surface area (Å²) in [5.41, 5.74) is 2.90. The number of hydrogen-bond donors (Lipinski definition) is 0. The van der Waals surface area contributed by atoms with Crippen molar-refractivity contribution in [2.24, 2.45) is 0 Å². The summed E-state index contributed by atoms with van der Waals surface area (Å²) < 4.78 is 11.5. The Hall–Kier alpha value is -2.47. The van der Waals surface area contributed by atoms with Gasteiger partial charge in [-0.25, -0.2) is 0 Å². The maximum atomic E-state index is 5.38. The number of nitrogens with zero attached hydrogens (tertiary/aromatic N) is 3. The van der Waals surface area contributed by atoms with E-state index in [0.29, 0.717) is 22.7 Å². The Balaban J connectivity index is 1.95. The van der Waals surface area contributed by atoms with Crippen molar-refractivity contribution < 1.29 is 8.94 Å². The molecular formula is C15H8BrN3O2. The molecule has 3 aromatic heterocycles. The first kappa shape index (κ1) is 12.3. The first-order valence-corrected chi connectivity index (χ1v) is 7.03. The largest absolute Gasteiger partial charge is 0.463 e. The standard InChI is InChI=1S/C15H8BrN3O2/c16-10-5-3-9(4-6-10)13-15-11(8-21-19-15)14(18-17-13)12-2-1-7-20-12/h1-8H. The maximum absolute atomic E-state index is 5.38. The number of halogens is 1. The molecule has 0 aliphatic rings. The summed E-state index contributed by atoms with van der Waals surface area (Å²) in [4.78, 5) is 0. The minimum atomic E-state index is 0.622. The van der Waals surface area contributed by atoms with Crippen LogP contribution in [0.5, 0.6) is 0 Å². The van der Waals surface area contributed by atoms with Gasteiger partial charge in [-0.3, -0.25) is 0 Å². The zero-order chi connectivity index (χ0) is 14.2. The molecule has 0 saturated carbocycles. The van der Waals surface area contributed by atoms with Gasteiger partial charge in [-0.15, -0.1) is 10.2 Å². The van der Waals surface area contributed by atoms with Crippen molar-refractivity contribution in [3.8, 4) is 22.7 Å². The van der Waals surface area contributed by atoms with E-state index in [1.165, 1.54) is 0 Å². The number of aromatic nitrogens is 3. The lowest BCUT2D eigenvalue weighted by Crippen LogP contribution is -1.93. The molecule has 0 unspecified atom stereocenters. The van der Waals surface area contributed by atoms with Crippen LogP contribution in [0.1, 0.15) is 0 Å². The number of rotatable bonds is 2. The van der Waals surface area contributed by atoms with Crippen LogP contribution in [0.2, 0.25) is 0 Å². The SMILES string of the molecule is Brc1ccc(-c2nnc(-c3ccco3)c3conc23)cc1. The average Bonchev–Trinajstić information content (AvgIpc) is 3.19. The van der Waals surface area contributed by atoms with Gasteiger partial charge in [-0.1, -0.05) is 33.2 Å². The molecule has 0 aliphatic heterocycles. The van der Waals surface area contributed by atoms with E-state index in [4.69, 9.17) is 8.94 Å². The molecule has 102 valence electrons. The highest BCUT2D eigenvalue weighted by Crippen LogP contribution is 2.31. The van der Waals surface area contributed by atoms with Crippen LogP contribution in [-0.4, -0.2) is 15.4 Å². The van der Waals surface area contributed by atoms with E-state index in [9.17, 15) is 0 Å². The first-order chi connectivity index (χ1) is 10.3. The molecule has 1 aromatic carbocycles. The second-order valence-corrected chi connectivity index (χ2v) is 5.37. The van der Waals surface area contributed by atoms with E-state index in [2.05, 4.69) is 31.3 Å². The molecule has 5 nitrogen and oxygen atoms in total. The van der Waals surface area contributed by atoms with Crippen LogP contribution >= 0.6 is 15.9 Å². The number of hydrogen-bond acceptors (Lipinski definition) is 5. The van der Waals surface area contributed by atoms with Gasteiger partial charge in [-0.05, 0) is 24.3 Å². The van der Waals surface area contributed by atoms with E-state index in [-0.39, 0.29) is 0 Å². The third-order valence-electron chi connectivity index (χ3n) is 3.17. The Labute approximate surface area is 127 Å². The second kappa shape index (κ2) is 4.82. The van der Waals surface area contributed by atoms with Crippen LogP contribution in [0.25, 0.3) is 33.6 Å². The molecule has 0 N–H and O–H groups in total. The Morgan fingerprint density at radius 2 is 1.76 bits per heavy atom. The Morgan fingerprint density at radius 3 is 2.52 bits per heavy atom. The second-order valence-electron chi connectivity index (χ2n) is 4.46. The fourth-order valence-electron chi connectivity index (χ4n) is 2.17. The number of benzene rings is 1. The van der Waals surface area contributed by atoms with Crippen molar-refractivity contribution in [3.63, 3.8) is 0 Å². The zero-order valence-electron chi connectivity index (χ0n) is 10.7. The van der Waals surface area contributed by atoms with Crippen molar-refractivity contribution in [1.29, 1.82) is 0 Å². The predicted octanol–water partition coefficient (Wildman–Crippen LogP) is 4.31. The molecular weight excluding hydrogens is 334 g/mol. The van der Waals surface area contributed by atoms with Gasteiger partial charge >= 0.3 is 0 Å². The molecule has 3 heterocycles. The van der Waals surface area contributed by atoms with Crippen molar-refractivity contribution in [2.45, 2.75) is 0 Å². The monoisotopic (exact) mass is 341 g/mol. The number of fused-ring (bicyclic) bond motifs is 1. The van der Waals surface area contributed by atoms with Gasteiger partial charge in [0, 0.05) is 10.0 Å². The average molecular weight is 342 g/mol. The van der Waals surface area contributed by atoms with Crippen molar-refractivity contribution in [3.05, 3.63) is 53.4 Å². The van der Waals surface area contributed by atoms with Gasteiger partial charge in [-0.2, -0.15) is 0 Å². The summed E-state index contributed by atoms with van der Waals surface area (Å²) in [5.74, 6) is 0.637. The predicted molar refractivity (Wildman–Crippen MR) is 80.4 cm³/mol. The van der Waals surface area contributed by atoms with Gasteiger partial charge in [0.15, 0.2) is 5.76 Å². The van der Waals surface area contributed by atoms with Crippen molar-refractivity contribution >= 4 is 26.8 Å².